The number of ketones is 1. The van der Waals surface area contributed by atoms with E-state index in [9.17, 15) is 4.79 Å². The maximum absolute atomic E-state index is 12.4. The van der Waals surface area contributed by atoms with Crippen LogP contribution in [-0.2, 0) is 0 Å². The van der Waals surface area contributed by atoms with E-state index in [4.69, 9.17) is 28.9 Å². The van der Waals surface area contributed by atoms with Crippen molar-refractivity contribution in [3.05, 3.63) is 69.6 Å². The van der Waals surface area contributed by atoms with Crippen LogP contribution >= 0.6 is 34.5 Å². The molecule has 0 amide bonds. The van der Waals surface area contributed by atoms with E-state index in [0.29, 0.717) is 27.0 Å². The van der Waals surface area contributed by atoms with Crippen molar-refractivity contribution < 1.29 is 4.79 Å². The van der Waals surface area contributed by atoms with Gasteiger partial charge in [0.1, 0.15) is 10.7 Å². The number of carbonyl (C=O) groups is 1. The first-order chi connectivity index (χ1) is 13.7. The van der Waals surface area contributed by atoms with Gasteiger partial charge in [-0.1, -0.05) is 65.2 Å². The topological polar surface area (TPSA) is 68.0 Å². The quantitative estimate of drug-likeness (QED) is 0.274. The number of nitrogens with two attached hydrogens (primary N) is 1. The Hall–Kier alpha value is -2.08. The lowest BCUT2D eigenvalue weighted by Crippen LogP contribution is -2.03. The summed E-state index contributed by atoms with van der Waals surface area (Å²) in [6.45, 7) is 15.4. The molecule has 0 atom stereocenters. The number of carbonyl (C=O) groups excluding carboxylic acids is 1. The largest absolute Gasteiger partial charge is 0.382 e. The van der Waals surface area contributed by atoms with Crippen molar-refractivity contribution in [2.75, 3.05) is 11.1 Å². The number of rotatable bonds is 5. The number of aromatic nitrogens is 1. The van der Waals surface area contributed by atoms with Crippen LogP contribution in [0.15, 0.2) is 59.1 Å². The fourth-order valence-electron chi connectivity index (χ4n) is 1.87. The molecule has 0 unspecified atom stereocenters. The normalized spacial score (nSPS) is 11.3. The lowest BCUT2D eigenvalue weighted by molar-refractivity contribution is 0.103. The molecule has 0 radical (unpaired) electrons. The van der Waals surface area contributed by atoms with Crippen LogP contribution in [0.25, 0.3) is 0 Å². The van der Waals surface area contributed by atoms with E-state index >= 15 is 0 Å². The highest BCUT2D eigenvalue weighted by molar-refractivity contribution is 7.18. The molecule has 0 aliphatic carbocycles. The standard InChI is InChI=1S/C16H18ClN3OS.C4H7Cl.C2H4/c1-4-12(17)10(3)13(21)14-15(18)20-16(22-14)19-11-7-5-9(2)6-8-11;1-3-4(2)5;1-2/h5-8H,4,18H2,1-3H3,(H,19,20);3H,1-2H3;1-2H2/b12-10-;4-3+;. The molecule has 0 saturated heterocycles. The second-order valence-corrected chi connectivity index (χ2v) is 7.86. The summed E-state index contributed by atoms with van der Waals surface area (Å²) in [6, 6.07) is 7.90. The van der Waals surface area contributed by atoms with Gasteiger partial charge in [-0.15, -0.1) is 13.2 Å². The number of benzene rings is 1. The van der Waals surface area contributed by atoms with E-state index in [0.717, 1.165) is 10.7 Å². The monoisotopic (exact) mass is 453 g/mol. The van der Waals surface area contributed by atoms with Crippen molar-refractivity contribution in [1.82, 2.24) is 4.98 Å². The van der Waals surface area contributed by atoms with Gasteiger partial charge in [0, 0.05) is 21.3 Å². The maximum atomic E-state index is 12.4. The zero-order valence-electron chi connectivity index (χ0n) is 17.6. The zero-order chi connectivity index (χ0) is 22.6. The van der Waals surface area contributed by atoms with Gasteiger partial charge in [0.05, 0.1) is 0 Å². The molecular formula is C22H29Cl2N3OS. The molecule has 4 nitrogen and oxygen atoms in total. The van der Waals surface area contributed by atoms with Crippen molar-refractivity contribution in [1.29, 1.82) is 0 Å². The molecule has 0 saturated carbocycles. The number of hydrogen-bond donors (Lipinski definition) is 2. The third-order valence-corrected chi connectivity index (χ3v) is 5.37. The van der Waals surface area contributed by atoms with Gasteiger partial charge >= 0.3 is 0 Å². The number of nitrogen functional groups attached to an aromatic ring is 1. The highest BCUT2D eigenvalue weighted by Gasteiger charge is 2.19. The van der Waals surface area contributed by atoms with Crippen molar-refractivity contribution in [2.24, 2.45) is 0 Å². The van der Waals surface area contributed by atoms with Crippen LogP contribution in [0.5, 0.6) is 0 Å². The molecule has 0 bridgehead atoms. The van der Waals surface area contributed by atoms with Gasteiger partial charge in [0.25, 0.3) is 0 Å². The van der Waals surface area contributed by atoms with Crippen LogP contribution in [0.4, 0.5) is 16.6 Å². The number of hydrogen-bond acceptors (Lipinski definition) is 5. The Balaban J connectivity index is 0.000000977. The third-order valence-electron chi connectivity index (χ3n) is 3.62. The summed E-state index contributed by atoms with van der Waals surface area (Å²) in [5.74, 6) is 0.0586. The molecule has 7 heteroatoms. The first-order valence-electron chi connectivity index (χ1n) is 8.97. The molecule has 158 valence electrons. The van der Waals surface area contributed by atoms with Gasteiger partial charge in [0.15, 0.2) is 5.13 Å². The van der Waals surface area contributed by atoms with Gasteiger partial charge in [-0.05, 0) is 46.2 Å². The van der Waals surface area contributed by atoms with E-state index in [1.54, 1.807) is 6.92 Å². The molecule has 1 aromatic carbocycles. The molecule has 0 spiro atoms. The molecule has 1 heterocycles. The van der Waals surface area contributed by atoms with Crippen LogP contribution in [0.2, 0.25) is 0 Å². The number of halogens is 2. The Bertz CT molecular complexity index is 851. The first-order valence-corrected chi connectivity index (χ1v) is 10.5. The smallest absolute Gasteiger partial charge is 0.203 e. The van der Waals surface area contributed by atoms with Crippen molar-refractivity contribution >= 4 is 57.0 Å². The molecule has 0 aliphatic heterocycles. The van der Waals surface area contributed by atoms with E-state index in [1.807, 2.05) is 58.0 Å². The van der Waals surface area contributed by atoms with Gasteiger partial charge in [0.2, 0.25) is 5.78 Å². The van der Waals surface area contributed by atoms with Gasteiger partial charge in [-0.25, -0.2) is 4.98 Å². The fraction of sp³-hybridized carbons (Fsp3) is 0.273. The van der Waals surface area contributed by atoms with Crippen LogP contribution in [0, 0.1) is 6.92 Å². The average Bonchev–Trinajstić information content (AvgIpc) is 3.09. The summed E-state index contributed by atoms with van der Waals surface area (Å²) >= 11 is 12.6. The number of aryl methyl sites for hydroxylation is 1. The minimum atomic E-state index is -0.168. The predicted molar refractivity (Wildman–Crippen MR) is 131 cm³/mol. The summed E-state index contributed by atoms with van der Waals surface area (Å²) < 4.78 is 0. The Kier molecular flexibility index (Phi) is 13.0. The number of allylic oxidation sites excluding steroid dienone is 4. The van der Waals surface area contributed by atoms with Crippen molar-refractivity contribution in [3.63, 3.8) is 0 Å². The van der Waals surface area contributed by atoms with Crippen molar-refractivity contribution in [2.45, 2.75) is 41.0 Å². The zero-order valence-corrected chi connectivity index (χ0v) is 19.9. The Morgan fingerprint density at radius 3 is 2.21 bits per heavy atom. The number of anilines is 3. The number of nitrogens with zero attached hydrogens (tertiary/aromatic N) is 1. The Morgan fingerprint density at radius 1 is 1.24 bits per heavy atom. The van der Waals surface area contributed by atoms with Crippen LogP contribution in [0.3, 0.4) is 0 Å². The van der Waals surface area contributed by atoms with E-state index < -0.39 is 0 Å². The summed E-state index contributed by atoms with van der Waals surface area (Å²) in [5, 5.41) is 5.14. The second-order valence-electron chi connectivity index (χ2n) is 5.81. The second kappa shape index (κ2) is 14.0. The van der Waals surface area contributed by atoms with Gasteiger partial charge < -0.3 is 11.1 Å². The van der Waals surface area contributed by atoms with Gasteiger partial charge in [-0.3, -0.25) is 4.79 Å². The molecule has 2 aromatic rings. The minimum Gasteiger partial charge on any atom is -0.382 e. The van der Waals surface area contributed by atoms with Gasteiger partial charge in [-0.2, -0.15) is 0 Å². The lowest BCUT2D eigenvalue weighted by Gasteiger charge is -2.02. The predicted octanol–water partition coefficient (Wildman–Crippen LogP) is 7.83. The molecule has 2 rings (SSSR count). The summed E-state index contributed by atoms with van der Waals surface area (Å²) in [5.41, 5.74) is 8.46. The first kappa shape index (κ1) is 26.9. The molecule has 0 fully saturated rings. The summed E-state index contributed by atoms with van der Waals surface area (Å²) in [6.07, 6.45) is 2.47. The minimum absolute atomic E-state index is 0.168. The average molecular weight is 454 g/mol. The number of thiazole rings is 1. The van der Waals surface area contributed by atoms with Crippen LogP contribution in [0.1, 0.15) is 49.4 Å². The van der Waals surface area contributed by atoms with Crippen molar-refractivity contribution in [3.8, 4) is 0 Å². The highest BCUT2D eigenvalue weighted by atomic mass is 35.5. The van der Waals surface area contributed by atoms with E-state index in [2.05, 4.69) is 23.5 Å². The molecule has 3 N–H and O–H groups in total. The molecule has 1 aromatic heterocycles. The number of Topliss-reactive ketones (excluding diaryl/α,β-unsaturated/α-hetero) is 1. The van der Waals surface area contributed by atoms with Crippen LogP contribution in [-0.4, -0.2) is 10.8 Å². The molecule has 29 heavy (non-hydrogen) atoms. The fourth-order valence-corrected chi connectivity index (χ4v) is 2.86. The van der Waals surface area contributed by atoms with E-state index in [1.165, 1.54) is 16.9 Å². The lowest BCUT2D eigenvalue weighted by atomic mass is 10.1. The molecule has 0 aliphatic rings. The summed E-state index contributed by atoms with van der Waals surface area (Å²) in [4.78, 5) is 17.0. The van der Waals surface area contributed by atoms with E-state index in [-0.39, 0.29) is 11.6 Å². The molecular weight excluding hydrogens is 425 g/mol. The Morgan fingerprint density at radius 2 is 1.76 bits per heavy atom. The SMILES string of the molecule is C/C=C(\C)Cl.C=C.CC/C(Cl)=C(\C)C(=O)c1sc(Nc2ccc(C)cc2)nc1N. The summed E-state index contributed by atoms with van der Waals surface area (Å²) in [7, 11) is 0. The number of nitrogens with one attached hydrogen (secondary N) is 1. The maximum Gasteiger partial charge on any atom is 0.203 e. The third kappa shape index (κ3) is 9.31. The Labute approximate surface area is 188 Å². The highest BCUT2D eigenvalue weighted by Crippen LogP contribution is 2.30. The van der Waals surface area contributed by atoms with Crippen LogP contribution < -0.4 is 11.1 Å².